The lowest BCUT2D eigenvalue weighted by Crippen LogP contribution is -2.30. The summed E-state index contributed by atoms with van der Waals surface area (Å²) in [7, 11) is 0. The molecule has 1 atom stereocenters. The largest absolute Gasteiger partial charge is 0.357 e. The van der Waals surface area contributed by atoms with Gasteiger partial charge in [0.1, 0.15) is 5.84 Å². The molecule has 0 aromatic carbocycles. The van der Waals surface area contributed by atoms with Crippen molar-refractivity contribution in [2.45, 2.75) is 19.8 Å². The van der Waals surface area contributed by atoms with Crippen molar-refractivity contribution in [3.05, 3.63) is 24.2 Å². The highest BCUT2D eigenvalue weighted by Crippen LogP contribution is 2.21. The van der Waals surface area contributed by atoms with E-state index in [4.69, 9.17) is 0 Å². The number of nitrogens with zero attached hydrogens (tertiary/aromatic N) is 4. The molecule has 0 aromatic rings. The third kappa shape index (κ3) is 1.64. The van der Waals surface area contributed by atoms with Crippen LogP contribution >= 0.6 is 0 Å². The summed E-state index contributed by atoms with van der Waals surface area (Å²) in [6.07, 6.45) is 10.7. The van der Waals surface area contributed by atoms with Gasteiger partial charge in [0.15, 0.2) is 5.82 Å². The van der Waals surface area contributed by atoms with Crippen LogP contribution in [0.15, 0.2) is 34.3 Å². The topological polar surface area (TPSA) is 31.2 Å². The Bertz CT molecular complexity index is 399. The van der Waals surface area contributed by atoms with Crippen molar-refractivity contribution >= 4 is 12.1 Å². The van der Waals surface area contributed by atoms with Crippen molar-refractivity contribution in [3.63, 3.8) is 0 Å². The highest BCUT2D eigenvalue weighted by Gasteiger charge is 2.20. The Kier molecular flexibility index (Phi) is 2.27. The van der Waals surface area contributed by atoms with Gasteiger partial charge in [0.2, 0.25) is 0 Å². The molecule has 1 unspecified atom stereocenters. The molecule has 0 bridgehead atoms. The van der Waals surface area contributed by atoms with Crippen molar-refractivity contribution < 1.29 is 0 Å². The van der Waals surface area contributed by atoms with E-state index in [-0.39, 0.29) is 0 Å². The Hall–Kier alpha value is -1.58. The van der Waals surface area contributed by atoms with Crippen molar-refractivity contribution in [1.82, 2.24) is 9.91 Å². The predicted molar refractivity (Wildman–Crippen MR) is 65.0 cm³/mol. The number of hydrazone groups is 1. The van der Waals surface area contributed by atoms with E-state index in [0.717, 1.165) is 24.7 Å². The summed E-state index contributed by atoms with van der Waals surface area (Å²) in [5, 5.41) is 6.15. The van der Waals surface area contributed by atoms with Crippen LogP contribution in [0.5, 0.6) is 0 Å². The zero-order valence-corrected chi connectivity index (χ0v) is 9.50. The van der Waals surface area contributed by atoms with E-state index in [0.29, 0.717) is 5.92 Å². The van der Waals surface area contributed by atoms with Crippen LogP contribution in [-0.2, 0) is 0 Å². The van der Waals surface area contributed by atoms with E-state index >= 15 is 0 Å². The van der Waals surface area contributed by atoms with Gasteiger partial charge in [0.05, 0.1) is 0 Å². The lowest BCUT2D eigenvalue weighted by molar-refractivity contribution is 0.456. The molecule has 84 valence electrons. The van der Waals surface area contributed by atoms with E-state index in [1.807, 2.05) is 17.4 Å². The third-order valence-corrected chi connectivity index (χ3v) is 3.10. The molecule has 0 radical (unpaired) electrons. The van der Waals surface area contributed by atoms with Crippen LogP contribution < -0.4 is 0 Å². The maximum absolute atomic E-state index is 4.67. The van der Waals surface area contributed by atoms with Gasteiger partial charge in [-0.15, -0.1) is 0 Å². The highest BCUT2D eigenvalue weighted by molar-refractivity contribution is 5.94. The van der Waals surface area contributed by atoms with E-state index < -0.39 is 0 Å². The van der Waals surface area contributed by atoms with Crippen LogP contribution in [0.1, 0.15) is 19.8 Å². The number of rotatable bonds is 0. The van der Waals surface area contributed by atoms with E-state index in [2.05, 4.69) is 34.1 Å². The minimum atomic E-state index is 0.376. The van der Waals surface area contributed by atoms with Gasteiger partial charge in [-0.2, -0.15) is 5.10 Å². The molecule has 0 N–H and O–H groups in total. The average molecular weight is 216 g/mol. The Morgan fingerprint density at radius 3 is 2.94 bits per heavy atom. The molecule has 0 amide bonds. The first-order chi connectivity index (χ1) is 7.83. The maximum atomic E-state index is 4.67. The zero-order valence-electron chi connectivity index (χ0n) is 9.50. The second-order valence-corrected chi connectivity index (χ2v) is 4.47. The summed E-state index contributed by atoms with van der Waals surface area (Å²) in [5.41, 5.74) is 0. The van der Waals surface area contributed by atoms with Crippen molar-refractivity contribution in [2.24, 2.45) is 16.0 Å². The fraction of sp³-hybridized carbons (Fsp3) is 0.500. The maximum Gasteiger partial charge on any atom is 0.152 e. The Morgan fingerprint density at radius 1 is 1.31 bits per heavy atom. The Morgan fingerprint density at radius 2 is 2.12 bits per heavy atom. The molecule has 4 heteroatoms. The summed E-state index contributed by atoms with van der Waals surface area (Å²) in [5.74, 6) is 2.42. The fourth-order valence-electron chi connectivity index (χ4n) is 2.21. The van der Waals surface area contributed by atoms with Gasteiger partial charge >= 0.3 is 0 Å². The summed E-state index contributed by atoms with van der Waals surface area (Å²) in [4.78, 5) is 7.01. The molecule has 0 aromatic heterocycles. The molecule has 4 nitrogen and oxygen atoms in total. The Labute approximate surface area is 95.6 Å². The average Bonchev–Trinajstić information content (AvgIpc) is 2.81. The summed E-state index contributed by atoms with van der Waals surface area (Å²) < 4.78 is 0. The quantitative estimate of drug-likeness (QED) is 0.618. The van der Waals surface area contributed by atoms with Gasteiger partial charge < -0.3 is 4.90 Å². The SMILES string of the molecule is CC1C=NN2C=CC(N3CCCC3)=NC2=C1. The predicted octanol–water partition coefficient (Wildman–Crippen LogP) is 1.79. The van der Waals surface area contributed by atoms with Gasteiger partial charge in [-0.05, 0) is 25.0 Å². The minimum absolute atomic E-state index is 0.376. The van der Waals surface area contributed by atoms with Crippen LogP contribution in [0.2, 0.25) is 0 Å². The molecule has 3 heterocycles. The molecule has 0 saturated carbocycles. The summed E-state index contributed by atoms with van der Waals surface area (Å²) in [6.45, 7) is 4.39. The van der Waals surface area contributed by atoms with Crippen molar-refractivity contribution in [2.75, 3.05) is 13.1 Å². The normalized spacial score (nSPS) is 27.9. The molecule has 0 aliphatic carbocycles. The molecule has 16 heavy (non-hydrogen) atoms. The number of likely N-dealkylation sites (tertiary alicyclic amines) is 1. The van der Waals surface area contributed by atoms with Crippen LogP contribution in [0.3, 0.4) is 0 Å². The molecular weight excluding hydrogens is 200 g/mol. The monoisotopic (exact) mass is 216 g/mol. The zero-order chi connectivity index (χ0) is 11.0. The number of amidine groups is 1. The number of hydrogen-bond donors (Lipinski definition) is 0. The number of aliphatic imine (C=N–C) groups is 1. The summed E-state index contributed by atoms with van der Waals surface area (Å²) >= 11 is 0. The van der Waals surface area contributed by atoms with Gasteiger partial charge in [-0.1, -0.05) is 6.92 Å². The highest BCUT2D eigenvalue weighted by atomic mass is 15.5. The van der Waals surface area contributed by atoms with Gasteiger partial charge in [0, 0.05) is 31.4 Å². The van der Waals surface area contributed by atoms with E-state index in [1.165, 1.54) is 12.8 Å². The molecule has 3 rings (SSSR count). The van der Waals surface area contributed by atoms with Crippen LogP contribution in [0, 0.1) is 5.92 Å². The summed E-state index contributed by atoms with van der Waals surface area (Å²) in [6, 6.07) is 0. The van der Waals surface area contributed by atoms with Gasteiger partial charge in [-0.25, -0.2) is 10.0 Å². The van der Waals surface area contributed by atoms with Crippen molar-refractivity contribution in [3.8, 4) is 0 Å². The number of allylic oxidation sites excluding steroid dienone is 1. The smallest absolute Gasteiger partial charge is 0.152 e. The first-order valence-electron chi connectivity index (χ1n) is 5.90. The number of fused-ring (bicyclic) bond motifs is 1. The third-order valence-electron chi connectivity index (χ3n) is 3.10. The second kappa shape index (κ2) is 3.77. The number of hydrogen-bond acceptors (Lipinski definition) is 4. The van der Waals surface area contributed by atoms with Gasteiger partial charge in [-0.3, -0.25) is 0 Å². The molecule has 3 aliphatic heterocycles. The fourth-order valence-corrected chi connectivity index (χ4v) is 2.21. The van der Waals surface area contributed by atoms with Crippen molar-refractivity contribution in [1.29, 1.82) is 0 Å². The minimum Gasteiger partial charge on any atom is -0.357 e. The molecule has 1 saturated heterocycles. The molecule has 3 aliphatic rings. The lowest BCUT2D eigenvalue weighted by Gasteiger charge is -2.27. The lowest BCUT2D eigenvalue weighted by atomic mass is 10.2. The van der Waals surface area contributed by atoms with Crippen LogP contribution in [0.4, 0.5) is 0 Å². The molecule has 0 spiro atoms. The van der Waals surface area contributed by atoms with Crippen LogP contribution in [-0.4, -0.2) is 35.0 Å². The standard InChI is InChI=1S/C12H16N4/c1-10-8-12-14-11(15-5-2-3-6-15)4-7-16(12)13-9-10/h4,7-10H,2-3,5-6H2,1H3. The first-order valence-corrected chi connectivity index (χ1v) is 5.90. The van der Waals surface area contributed by atoms with Crippen LogP contribution in [0.25, 0.3) is 0 Å². The molecular formula is C12H16N4. The first kappa shape index (κ1) is 9.63. The Balaban J connectivity index is 1.85. The second-order valence-electron chi connectivity index (χ2n) is 4.47. The molecule has 1 fully saturated rings. The van der Waals surface area contributed by atoms with E-state index in [1.54, 1.807) is 0 Å². The van der Waals surface area contributed by atoms with E-state index in [9.17, 15) is 0 Å². The van der Waals surface area contributed by atoms with Gasteiger partial charge in [0.25, 0.3) is 0 Å².